The number of hydrogen-bond acceptors (Lipinski definition) is 3. The minimum atomic E-state index is -3.09. The van der Waals surface area contributed by atoms with Crippen LogP contribution < -0.4 is 10.0 Å². The summed E-state index contributed by atoms with van der Waals surface area (Å²) in [4.78, 5) is 0. The molecule has 2 N–H and O–H groups in total. The van der Waals surface area contributed by atoms with Crippen LogP contribution >= 0.6 is 0 Å². The van der Waals surface area contributed by atoms with E-state index in [1.807, 2.05) is 13.8 Å². The first-order chi connectivity index (χ1) is 8.48. The fourth-order valence-electron chi connectivity index (χ4n) is 1.69. The van der Waals surface area contributed by atoms with Crippen LogP contribution in [0, 0.1) is 0 Å². The summed E-state index contributed by atoms with van der Waals surface area (Å²) in [6, 6.07) is 0.332. The van der Waals surface area contributed by atoms with Crippen molar-refractivity contribution in [2.75, 3.05) is 18.8 Å². The molecule has 18 heavy (non-hydrogen) atoms. The fourth-order valence-corrected chi connectivity index (χ4v) is 2.67. The molecular weight excluding hydrogens is 248 g/mol. The molecule has 0 aliphatic carbocycles. The van der Waals surface area contributed by atoms with Gasteiger partial charge in [0.15, 0.2) is 0 Å². The molecule has 0 bridgehead atoms. The van der Waals surface area contributed by atoms with Gasteiger partial charge in [-0.05, 0) is 6.42 Å². The summed E-state index contributed by atoms with van der Waals surface area (Å²) in [5, 5.41) is 3.11. The molecule has 0 saturated heterocycles. The van der Waals surface area contributed by atoms with E-state index in [4.69, 9.17) is 0 Å². The van der Waals surface area contributed by atoms with Crippen molar-refractivity contribution in [3.8, 4) is 0 Å². The molecule has 0 aliphatic heterocycles. The van der Waals surface area contributed by atoms with Gasteiger partial charge in [0.2, 0.25) is 10.0 Å². The van der Waals surface area contributed by atoms with E-state index in [9.17, 15) is 8.42 Å². The third kappa shape index (κ3) is 12.3. The van der Waals surface area contributed by atoms with Crippen LogP contribution in [0.2, 0.25) is 0 Å². The first-order valence-electron chi connectivity index (χ1n) is 7.18. The zero-order chi connectivity index (χ0) is 13.9. The van der Waals surface area contributed by atoms with Crippen molar-refractivity contribution < 1.29 is 8.42 Å². The first-order valence-corrected chi connectivity index (χ1v) is 8.84. The Kier molecular flexibility index (Phi) is 10.7. The molecule has 0 spiro atoms. The summed E-state index contributed by atoms with van der Waals surface area (Å²) in [6.07, 6.45) is 7.07. The monoisotopic (exact) mass is 278 g/mol. The van der Waals surface area contributed by atoms with Gasteiger partial charge in [0.05, 0.1) is 5.75 Å². The van der Waals surface area contributed by atoms with Gasteiger partial charge >= 0.3 is 0 Å². The second kappa shape index (κ2) is 10.8. The van der Waals surface area contributed by atoms with Gasteiger partial charge in [0, 0.05) is 19.1 Å². The van der Waals surface area contributed by atoms with Gasteiger partial charge in [-0.25, -0.2) is 13.1 Å². The molecule has 0 radical (unpaired) electrons. The van der Waals surface area contributed by atoms with E-state index in [0.717, 1.165) is 12.8 Å². The summed E-state index contributed by atoms with van der Waals surface area (Å²) in [5.41, 5.74) is 0. The van der Waals surface area contributed by atoms with Gasteiger partial charge in [0.1, 0.15) is 0 Å². The Hall–Kier alpha value is -0.130. The van der Waals surface area contributed by atoms with Gasteiger partial charge < -0.3 is 5.32 Å². The van der Waals surface area contributed by atoms with Crippen LogP contribution in [-0.4, -0.2) is 33.3 Å². The highest BCUT2D eigenvalue weighted by molar-refractivity contribution is 7.89. The van der Waals surface area contributed by atoms with Crippen molar-refractivity contribution in [1.29, 1.82) is 0 Å². The van der Waals surface area contributed by atoms with E-state index in [2.05, 4.69) is 17.0 Å². The SMILES string of the molecule is CCCCCCCCNS(=O)(=O)CCNC(C)C. The molecule has 0 atom stereocenters. The average molecular weight is 278 g/mol. The molecular formula is C13H30N2O2S. The molecule has 0 aromatic heterocycles. The zero-order valence-electron chi connectivity index (χ0n) is 12.2. The molecule has 0 aliphatic rings. The second-order valence-electron chi connectivity index (χ2n) is 5.09. The fraction of sp³-hybridized carbons (Fsp3) is 1.00. The summed E-state index contributed by atoms with van der Waals surface area (Å²) < 4.78 is 25.8. The number of sulfonamides is 1. The minimum Gasteiger partial charge on any atom is -0.313 e. The quantitative estimate of drug-likeness (QED) is 0.538. The lowest BCUT2D eigenvalue weighted by atomic mass is 10.1. The molecule has 0 heterocycles. The van der Waals surface area contributed by atoms with Gasteiger partial charge in [-0.2, -0.15) is 0 Å². The van der Waals surface area contributed by atoms with E-state index < -0.39 is 10.0 Å². The van der Waals surface area contributed by atoms with Crippen molar-refractivity contribution in [3.05, 3.63) is 0 Å². The van der Waals surface area contributed by atoms with Crippen molar-refractivity contribution in [1.82, 2.24) is 10.0 Å². The Labute approximate surface area is 113 Å². The third-order valence-corrected chi connectivity index (χ3v) is 4.16. The number of rotatable bonds is 12. The minimum absolute atomic E-state index is 0.168. The number of unbranched alkanes of at least 4 members (excludes halogenated alkanes) is 5. The van der Waals surface area contributed by atoms with Gasteiger partial charge in [-0.1, -0.05) is 52.9 Å². The summed E-state index contributed by atoms with van der Waals surface area (Å²) in [7, 11) is -3.09. The highest BCUT2D eigenvalue weighted by Gasteiger charge is 2.08. The van der Waals surface area contributed by atoms with Crippen LogP contribution in [0.25, 0.3) is 0 Å². The molecule has 0 unspecified atom stereocenters. The Balaban J connectivity index is 3.47. The maximum atomic E-state index is 11.6. The van der Waals surface area contributed by atoms with E-state index in [1.165, 1.54) is 25.7 Å². The van der Waals surface area contributed by atoms with E-state index >= 15 is 0 Å². The molecule has 110 valence electrons. The lowest BCUT2D eigenvalue weighted by Gasteiger charge is -2.09. The Morgan fingerprint density at radius 3 is 2.17 bits per heavy atom. The third-order valence-electron chi connectivity index (χ3n) is 2.78. The normalized spacial score (nSPS) is 12.2. The first kappa shape index (κ1) is 17.9. The van der Waals surface area contributed by atoms with Crippen molar-refractivity contribution in [2.45, 2.75) is 65.3 Å². The van der Waals surface area contributed by atoms with E-state index in [1.54, 1.807) is 0 Å². The van der Waals surface area contributed by atoms with E-state index in [0.29, 0.717) is 19.1 Å². The second-order valence-corrected chi connectivity index (χ2v) is 7.02. The molecule has 0 saturated carbocycles. The lowest BCUT2D eigenvalue weighted by molar-refractivity contribution is 0.558. The van der Waals surface area contributed by atoms with Crippen LogP contribution in [-0.2, 0) is 10.0 Å². The Morgan fingerprint density at radius 1 is 0.944 bits per heavy atom. The smallest absolute Gasteiger partial charge is 0.212 e. The topological polar surface area (TPSA) is 58.2 Å². The van der Waals surface area contributed by atoms with Crippen molar-refractivity contribution in [3.63, 3.8) is 0 Å². The lowest BCUT2D eigenvalue weighted by Crippen LogP contribution is -2.34. The Morgan fingerprint density at radius 2 is 1.56 bits per heavy atom. The van der Waals surface area contributed by atoms with Crippen LogP contribution in [0.4, 0.5) is 0 Å². The van der Waals surface area contributed by atoms with Gasteiger partial charge in [-0.3, -0.25) is 0 Å². The van der Waals surface area contributed by atoms with Crippen molar-refractivity contribution in [2.24, 2.45) is 0 Å². The summed E-state index contributed by atoms with van der Waals surface area (Å²) >= 11 is 0. The maximum absolute atomic E-state index is 11.6. The predicted molar refractivity (Wildman–Crippen MR) is 78.3 cm³/mol. The molecule has 0 rings (SSSR count). The standard InChI is InChI=1S/C13H30N2O2S/c1-4-5-6-7-8-9-10-15-18(16,17)12-11-14-13(2)3/h13-15H,4-12H2,1-3H3. The largest absolute Gasteiger partial charge is 0.313 e. The number of hydrogen-bond donors (Lipinski definition) is 2. The number of nitrogens with one attached hydrogen (secondary N) is 2. The van der Waals surface area contributed by atoms with E-state index in [-0.39, 0.29) is 5.75 Å². The highest BCUT2D eigenvalue weighted by Crippen LogP contribution is 2.04. The molecule has 0 amide bonds. The zero-order valence-corrected chi connectivity index (χ0v) is 13.0. The van der Waals surface area contributed by atoms with Crippen LogP contribution in [0.5, 0.6) is 0 Å². The Bertz CT molecular complexity index is 277. The summed E-state index contributed by atoms with van der Waals surface area (Å²) in [5.74, 6) is 0.168. The maximum Gasteiger partial charge on any atom is 0.212 e. The molecule has 4 nitrogen and oxygen atoms in total. The van der Waals surface area contributed by atoms with Crippen LogP contribution in [0.1, 0.15) is 59.3 Å². The molecule has 5 heteroatoms. The van der Waals surface area contributed by atoms with Crippen LogP contribution in [0.3, 0.4) is 0 Å². The molecule has 0 fully saturated rings. The van der Waals surface area contributed by atoms with Gasteiger partial charge in [0.25, 0.3) is 0 Å². The molecule has 0 aromatic rings. The predicted octanol–water partition coefficient (Wildman–Crippen LogP) is 2.26. The van der Waals surface area contributed by atoms with Gasteiger partial charge in [-0.15, -0.1) is 0 Å². The highest BCUT2D eigenvalue weighted by atomic mass is 32.2. The van der Waals surface area contributed by atoms with Crippen molar-refractivity contribution >= 4 is 10.0 Å². The average Bonchev–Trinajstić information content (AvgIpc) is 2.27. The summed E-state index contributed by atoms with van der Waals surface area (Å²) in [6.45, 7) is 7.31. The van der Waals surface area contributed by atoms with Crippen LogP contribution in [0.15, 0.2) is 0 Å². The molecule has 0 aromatic carbocycles.